The third-order valence-corrected chi connectivity index (χ3v) is 9.45. The summed E-state index contributed by atoms with van der Waals surface area (Å²) in [6.45, 7) is 2.46. The Morgan fingerprint density at radius 2 is 2.02 bits per heavy atom. The molecule has 19 heteroatoms. The van der Waals surface area contributed by atoms with Gasteiger partial charge in [0.25, 0.3) is 17.0 Å². The maximum absolute atomic E-state index is 13.2. The number of rotatable bonds is 11. The van der Waals surface area contributed by atoms with E-state index >= 15 is 0 Å². The number of phenolic OH excluding ortho intramolecular Hbond substituents is 2. The number of aromatic nitrogens is 2. The minimum absolute atomic E-state index is 0.00143. The quantitative estimate of drug-likeness (QED) is 0.0558. The minimum Gasteiger partial charge on any atom is -0.504 e. The number of carboxylic acids is 2. The fraction of sp³-hybridized carbons (Fsp3) is 0.269. The zero-order valence-electron chi connectivity index (χ0n) is 23.3. The Hall–Kier alpha value is -4.75. The number of oxime groups is 1. The fourth-order valence-electron chi connectivity index (χ4n) is 4.09. The summed E-state index contributed by atoms with van der Waals surface area (Å²) >= 11 is 3.35. The lowest BCUT2D eigenvalue weighted by molar-refractivity contribution is -0.161. The van der Waals surface area contributed by atoms with Gasteiger partial charge < -0.3 is 40.7 Å². The van der Waals surface area contributed by atoms with E-state index in [-0.39, 0.29) is 44.8 Å². The van der Waals surface area contributed by atoms with E-state index in [4.69, 9.17) is 15.0 Å². The number of nitrogens with one attached hydrogen (secondary N) is 1. The Morgan fingerprint density at radius 3 is 2.67 bits per heavy atom. The number of thioether (sulfide) groups is 2. The molecule has 7 N–H and O–H groups in total. The van der Waals surface area contributed by atoms with Crippen LogP contribution in [0.4, 0.5) is 5.13 Å². The van der Waals surface area contributed by atoms with Gasteiger partial charge in [-0.25, -0.2) is 19.6 Å². The average Bonchev–Trinajstić information content (AvgIpc) is 3.64. The largest absolute Gasteiger partial charge is 0.504 e. The van der Waals surface area contributed by atoms with Gasteiger partial charge in [-0.3, -0.25) is 14.5 Å². The molecule has 2 aliphatic rings. The highest BCUT2D eigenvalue weighted by Gasteiger charge is 2.54. The molecule has 0 bridgehead atoms. The number of carbonyl (C=O) groups excluding carboxylic acids is 2. The molecule has 1 fully saturated rings. The van der Waals surface area contributed by atoms with Gasteiger partial charge in [0.1, 0.15) is 22.8 Å². The number of oxazole rings is 1. The zero-order chi connectivity index (χ0) is 32.6. The molecule has 0 spiro atoms. The van der Waals surface area contributed by atoms with E-state index in [1.54, 1.807) is 0 Å². The molecule has 2 amide bonds. The molecule has 236 valence electrons. The van der Waals surface area contributed by atoms with Crippen LogP contribution in [0.5, 0.6) is 11.5 Å². The van der Waals surface area contributed by atoms with Gasteiger partial charge in [0, 0.05) is 22.4 Å². The number of aromatic hydroxyl groups is 2. The maximum atomic E-state index is 13.2. The monoisotopic (exact) mass is 676 g/mol. The van der Waals surface area contributed by atoms with Crippen molar-refractivity contribution >= 4 is 69.5 Å². The van der Waals surface area contributed by atoms with Gasteiger partial charge in [0.2, 0.25) is 5.60 Å². The number of hydrogen-bond acceptors (Lipinski definition) is 15. The molecule has 45 heavy (non-hydrogen) atoms. The average molecular weight is 677 g/mol. The summed E-state index contributed by atoms with van der Waals surface area (Å²) in [4.78, 5) is 64.5. The Balaban J connectivity index is 1.29. The van der Waals surface area contributed by atoms with Gasteiger partial charge >= 0.3 is 11.9 Å². The first-order chi connectivity index (χ1) is 21.3. The van der Waals surface area contributed by atoms with Crippen LogP contribution in [-0.2, 0) is 24.0 Å². The lowest BCUT2D eigenvalue weighted by Crippen LogP contribution is -2.71. The third kappa shape index (κ3) is 6.40. The number of nitrogens with two attached hydrogens (primary N) is 1. The molecule has 0 saturated carbocycles. The van der Waals surface area contributed by atoms with Crippen molar-refractivity contribution in [2.24, 2.45) is 5.16 Å². The molecule has 0 unspecified atom stereocenters. The molecule has 1 aromatic carbocycles. The number of fused-ring (bicyclic) bond motifs is 1. The SMILES string of the molecule is CC(C)(ON=C(C(=O)N[C@@H]1C(=O)N2C(C(=O)O)=C(CSc3ncc(-c4ccc(O)c(O)c4)o3)CS[C@@H]12)c1csc(N)n1)C(=O)O. The predicted octanol–water partition coefficient (Wildman–Crippen LogP) is 1.91. The summed E-state index contributed by atoms with van der Waals surface area (Å²) in [7, 11) is 0. The number of hydrogen-bond donors (Lipinski definition) is 6. The first-order valence-corrected chi connectivity index (χ1v) is 15.7. The summed E-state index contributed by atoms with van der Waals surface area (Å²) in [5.74, 6) is -4.20. The van der Waals surface area contributed by atoms with Gasteiger partial charge in [-0.05, 0) is 37.6 Å². The van der Waals surface area contributed by atoms with Gasteiger partial charge in [0.15, 0.2) is 28.1 Å². The molecular weight excluding hydrogens is 653 g/mol. The van der Waals surface area contributed by atoms with Gasteiger partial charge in [-0.1, -0.05) is 16.9 Å². The fourth-order valence-corrected chi connectivity index (χ4v) is 6.92. The number of amides is 2. The van der Waals surface area contributed by atoms with Gasteiger partial charge in [-0.2, -0.15) is 0 Å². The van der Waals surface area contributed by atoms with E-state index in [9.17, 15) is 39.6 Å². The number of phenols is 2. The molecular formula is C26H24N6O10S3. The van der Waals surface area contributed by atoms with Crippen molar-refractivity contribution in [3.8, 4) is 22.8 Å². The van der Waals surface area contributed by atoms with Crippen LogP contribution in [0.1, 0.15) is 19.5 Å². The minimum atomic E-state index is -1.79. The number of anilines is 1. The number of thiazole rings is 1. The zero-order valence-corrected chi connectivity index (χ0v) is 25.7. The van der Waals surface area contributed by atoms with Gasteiger partial charge in [0.05, 0.1) is 6.20 Å². The van der Waals surface area contributed by atoms with Gasteiger partial charge in [-0.15, -0.1) is 23.1 Å². The highest BCUT2D eigenvalue weighted by atomic mass is 32.2. The molecule has 5 rings (SSSR count). The van der Waals surface area contributed by atoms with E-state index < -0.39 is 46.5 Å². The first-order valence-electron chi connectivity index (χ1n) is 12.8. The lowest BCUT2D eigenvalue weighted by Gasteiger charge is -2.49. The molecule has 0 aliphatic carbocycles. The van der Waals surface area contributed by atoms with Crippen LogP contribution in [0.25, 0.3) is 11.3 Å². The smallest absolute Gasteiger partial charge is 0.352 e. The van der Waals surface area contributed by atoms with Crippen LogP contribution in [0.2, 0.25) is 0 Å². The number of aliphatic carboxylic acids is 2. The van der Waals surface area contributed by atoms with Crippen molar-refractivity contribution < 1.29 is 48.9 Å². The van der Waals surface area contributed by atoms with Crippen molar-refractivity contribution in [3.63, 3.8) is 0 Å². The Labute approximate surface area is 266 Å². The normalized spacial score (nSPS) is 18.3. The summed E-state index contributed by atoms with van der Waals surface area (Å²) in [5, 5.41) is 45.8. The molecule has 16 nitrogen and oxygen atoms in total. The second-order valence-corrected chi connectivity index (χ2v) is 12.9. The van der Waals surface area contributed by atoms with Crippen molar-refractivity contribution in [1.82, 2.24) is 20.2 Å². The van der Waals surface area contributed by atoms with Crippen molar-refractivity contribution in [1.29, 1.82) is 0 Å². The van der Waals surface area contributed by atoms with Crippen LogP contribution in [0.15, 0.2) is 55.8 Å². The molecule has 1 saturated heterocycles. The molecule has 4 heterocycles. The number of benzene rings is 1. The summed E-state index contributed by atoms with van der Waals surface area (Å²) in [6, 6.07) is 3.03. The van der Waals surface area contributed by atoms with Crippen LogP contribution >= 0.6 is 34.9 Å². The highest BCUT2D eigenvalue weighted by molar-refractivity contribution is 8.01. The Kier molecular flexibility index (Phi) is 8.68. The van der Waals surface area contributed by atoms with E-state index in [0.29, 0.717) is 16.9 Å². The second kappa shape index (κ2) is 12.3. The van der Waals surface area contributed by atoms with Crippen LogP contribution in [0, 0.1) is 0 Å². The predicted molar refractivity (Wildman–Crippen MR) is 162 cm³/mol. The van der Waals surface area contributed by atoms with Crippen LogP contribution in [0.3, 0.4) is 0 Å². The number of nitrogen functional groups attached to an aromatic ring is 1. The molecule has 3 aromatic rings. The van der Waals surface area contributed by atoms with Crippen molar-refractivity contribution in [2.45, 2.75) is 36.1 Å². The molecule has 2 aromatic heterocycles. The second-order valence-electron chi connectivity index (χ2n) is 10.0. The van der Waals surface area contributed by atoms with E-state index in [1.807, 2.05) is 0 Å². The Bertz CT molecular complexity index is 1770. The van der Waals surface area contributed by atoms with E-state index in [0.717, 1.165) is 28.0 Å². The van der Waals surface area contributed by atoms with E-state index in [1.165, 1.54) is 55.4 Å². The number of nitrogens with zero attached hydrogens (tertiary/aromatic N) is 4. The summed E-state index contributed by atoms with van der Waals surface area (Å²) in [6.07, 6.45) is 1.42. The first kappa shape index (κ1) is 31.7. The standard InChI is InChI=1S/C26H24N6O10S3/c1-26(2,23(39)40)42-31-16(12-9-44-24(27)29-12)19(35)30-17-20(36)32-18(22(37)38)11(7-43-21(17)32)8-45-25-28-6-15(41-25)10-3-4-13(33)14(34)5-10/h3-6,9,17,21,33-34H,7-8H2,1-2H3,(H2,27,29)(H,30,35)(H,37,38)(H,39,40)/t17-,21+/m1/s1. The molecule has 2 aliphatic heterocycles. The third-order valence-electron chi connectivity index (χ3n) is 6.51. The topological polar surface area (TPSA) is 251 Å². The van der Waals surface area contributed by atoms with Crippen molar-refractivity contribution in [2.75, 3.05) is 17.2 Å². The van der Waals surface area contributed by atoms with Crippen molar-refractivity contribution in [3.05, 3.63) is 46.7 Å². The van der Waals surface area contributed by atoms with E-state index in [2.05, 4.69) is 20.4 Å². The molecule has 0 radical (unpaired) electrons. The van der Waals surface area contributed by atoms with Crippen LogP contribution < -0.4 is 11.1 Å². The van der Waals surface area contributed by atoms with Crippen LogP contribution in [-0.4, -0.2) is 93.3 Å². The lowest BCUT2D eigenvalue weighted by atomic mass is 10.0. The number of β-lactam (4-membered cyclic amide) rings is 1. The summed E-state index contributed by atoms with van der Waals surface area (Å²) in [5.41, 5.74) is 4.16. The maximum Gasteiger partial charge on any atom is 0.352 e. The number of carbonyl (C=O) groups is 4. The highest BCUT2D eigenvalue weighted by Crippen LogP contribution is 2.42. The molecule has 2 atom stereocenters. The number of carboxylic acid groups (broad SMARTS) is 2. The summed E-state index contributed by atoms with van der Waals surface area (Å²) < 4.78 is 5.70. The Morgan fingerprint density at radius 1 is 1.27 bits per heavy atom.